The predicted molar refractivity (Wildman–Crippen MR) is 75.1 cm³/mol. The number of hydrogen-bond acceptors (Lipinski definition) is 1. The minimum atomic E-state index is 0.722. The molecule has 0 bridgehead atoms. The smallest absolute Gasteiger partial charge is 0.119 e. The van der Waals surface area contributed by atoms with Crippen molar-refractivity contribution < 1.29 is 4.74 Å². The fourth-order valence-electron chi connectivity index (χ4n) is 1.72. The maximum absolute atomic E-state index is 5.63. The third-order valence-corrected chi connectivity index (χ3v) is 3.06. The highest BCUT2D eigenvalue weighted by atomic mass is 35.5. The maximum atomic E-state index is 5.63. The van der Waals surface area contributed by atoms with Crippen LogP contribution in [0.2, 0.25) is 0 Å². The standard InChI is InChI=1S/C15H23ClO/c1-2-3-4-7-14-8-10-15(11-9-14)17-13-6-5-12-16/h8-11H,2-7,12-13H2,1H3. The maximum Gasteiger partial charge on any atom is 0.119 e. The van der Waals surface area contributed by atoms with Gasteiger partial charge in [0.05, 0.1) is 6.61 Å². The zero-order valence-electron chi connectivity index (χ0n) is 10.8. The van der Waals surface area contributed by atoms with Crippen LogP contribution in [0.5, 0.6) is 5.75 Å². The summed E-state index contributed by atoms with van der Waals surface area (Å²) >= 11 is 5.61. The summed E-state index contributed by atoms with van der Waals surface area (Å²) in [6.45, 7) is 3.00. The van der Waals surface area contributed by atoms with E-state index in [2.05, 4.69) is 31.2 Å². The lowest BCUT2D eigenvalue weighted by molar-refractivity contribution is 0.309. The number of alkyl halides is 1. The van der Waals surface area contributed by atoms with Crippen LogP contribution < -0.4 is 4.74 Å². The zero-order chi connectivity index (χ0) is 12.3. The molecule has 2 heteroatoms. The Labute approximate surface area is 110 Å². The monoisotopic (exact) mass is 254 g/mol. The summed E-state index contributed by atoms with van der Waals surface area (Å²) < 4.78 is 5.63. The number of aryl methyl sites for hydroxylation is 1. The summed E-state index contributed by atoms with van der Waals surface area (Å²) in [6.07, 6.45) is 7.11. The molecule has 17 heavy (non-hydrogen) atoms. The van der Waals surface area contributed by atoms with Crippen molar-refractivity contribution in [3.63, 3.8) is 0 Å². The van der Waals surface area contributed by atoms with Gasteiger partial charge in [0, 0.05) is 5.88 Å². The highest BCUT2D eigenvalue weighted by molar-refractivity contribution is 6.17. The third kappa shape index (κ3) is 6.58. The number of hydrogen-bond donors (Lipinski definition) is 0. The van der Waals surface area contributed by atoms with E-state index in [1.54, 1.807) is 0 Å². The molecule has 1 aromatic rings. The number of ether oxygens (including phenoxy) is 1. The Bertz CT molecular complexity index is 281. The third-order valence-electron chi connectivity index (χ3n) is 2.79. The van der Waals surface area contributed by atoms with E-state index < -0.39 is 0 Å². The largest absolute Gasteiger partial charge is 0.494 e. The first-order valence-electron chi connectivity index (χ1n) is 6.64. The molecule has 0 N–H and O–H groups in total. The van der Waals surface area contributed by atoms with Crippen LogP contribution in [0.3, 0.4) is 0 Å². The number of rotatable bonds is 9. The van der Waals surface area contributed by atoms with Crippen LogP contribution in [-0.2, 0) is 6.42 Å². The number of unbranched alkanes of at least 4 members (excludes halogenated alkanes) is 3. The molecule has 0 radical (unpaired) electrons. The van der Waals surface area contributed by atoms with E-state index in [1.165, 1.54) is 31.2 Å². The van der Waals surface area contributed by atoms with Gasteiger partial charge in [0.1, 0.15) is 5.75 Å². The highest BCUT2D eigenvalue weighted by Crippen LogP contribution is 2.14. The van der Waals surface area contributed by atoms with E-state index in [1.807, 2.05) is 0 Å². The van der Waals surface area contributed by atoms with Gasteiger partial charge in [-0.25, -0.2) is 0 Å². The molecule has 0 unspecified atom stereocenters. The van der Waals surface area contributed by atoms with Gasteiger partial charge in [0.2, 0.25) is 0 Å². The SMILES string of the molecule is CCCCCc1ccc(OCCCCCl)cc1. The molecule has 1 rings (SSSR count). The first kappa shape index (κ1) is 14.4. The Hall–Kier alpha value is -0.690. The molecule has 0 saturated carbocycles. The van der Waals surface area contributed by atoms with Crippen molar-refractivity contribution in [2.75, 3.05) is 12.5 Å². The van der Waals surface area contributed by atoms with E-state index in [0.717, 1.165) is 31.1 Å². The molecule has 0 aromatic heterocycles. The molecule has 1 nitrogen and oxygen atoms in total. The molecule has 0 fully saturated rings. The summed E-state index contributed by atoms with van der Waals surface area (Å²) in [5, 5.41) is 0. The second-order valence-corrected chi connectivity index (χ2v) is 4.72. The second kappa shape index (κ2) is 9.35. The topological polar surface area (TPSA) is 9.23 Å². The van der Waals surface area contributed by atoms with Gasteiger partial charge in [-0.1, -0.05) is 31.9 Å². The number of halogens is 1. The molecule has 0 atom stereocenters. The Kier molecular flexibility index (Phi) is 7.91. The lowest BCUT2D eigenvalue weighted by atomic mass is 10.1. The van der Waals surface area contributed by atoms with Gasteiger partial charge in [-0.3, -0.25) is 0 Å². The predicted octanol–water partition coefficient (Wildman–Crippen LogP) is 4.82. The van der Waals surface area contributed by atoms with Gasteiger partial charge < -0.3 is 4.74 Å². The van der Waals surface area contributed by atoms with Crippen LogP contribution in [0.15, 0.2) is 24.3 Å². The molecule has 0 aliphatic carbocycles. The normalized spacial score (nSPS) is 10.5. The van der Waals surface area contributed by atoms with Crippen molar-refractivity contribution in [2.45, 2.75) is 45.4 Å². The fourth-order valence-corrected chi connectivity index (χ4v) is 1.91. The van der Waals surface area contributed by atoms with Crippen molar-refractivity contribution in [1.29, 1.82) is 0 Å². The van der Waals surface area contributed by atoms with Gasteiger partial charge in [-0.15, -0.1) is 11.6 Å². The van der Waals surface area contributed by atoms with Gasteiger partial charge in [0.25, 0.3) is 0 Å². The van der Waals surface area contributed by atoms with Gasteiger partial charge in [-0.05, 0) is 43.4 Å². The van der Waals surface area contributed by atoms with Crippen molar-refractivity contribution in [2.24, 2.45) is 0 Å². The molecular weight excluding hydrogens is 232 g/mol. The van der Waals surface area contributed by atoms with Crippen molar-refractivity contribution >= 4 is 11.6 Å². The molecule has 0 heterocycles. The fraction of sp³-hybridized carbons (Fsp3) is 0.600. The Morgan fingerprint density at radius 2 is 1.76 bits per heavy atom. The lowest BCUT2D eigenvalue weighted by Gasteiger charge is -2.06. The average molecular weight is 255 g/mol. The van der Waals surface area contributed by atoms with Gasteiger partial charge in [-0.2, -0.15) is 0 Å². The van der Waals surface area contributed by atoms with Crippen molar-refractivity contribution in [3.8, 4) is 5.75 Å². The number of benzene rings is 1. The van der Waals surface area contributed by atoms with Gasteiger partial charge >= 0.3 is 0 Å². The van der Waals surface area contributed by atoms with Crippen molar-refractivity contribution in [3.05, 3.63) is 29.8 Å². The summed E-state index contributed by atoms with van der Waals surface area (Å²) in [4.78, 5) is 0. The first-order valence-corrected chi connectivity index (χ1v) is 7.18. The lowest BCUT2D eigenvalue weighted by Crippen LogP contribution is -1.97. The minimum Gasteiger partial charge on any atom is -0.494 e. The van der Waals surface area contributed by atoms with Crippen LogP contribution in [0, 0.1) is 0 Å². The minimum absolute atomic E-state index is 0.722. The van der Waals surface area contributed by atoms with E-state index in [4.69, 9.17) is 16.3 Å². The Morgan fingerprint density at radius 3 is 2.41 bits per heavy atom. The van der Waals surface area contributed by atoms with E-state index in [-0.39, 0.29) is 0 Å². The van der Waals surface area contributed by atoms with E-state index in [0.29, 0.717) is 0 Å². The van der Waals surface area contributed by atoms with Crippen LogP contribution >= 0.6 is 11.6 Å². The molecule has 0 amide bonds. The Morgan fingerprint density at radius 1 is 1.00 bits per heavy atom. The van der Waals surface area contributed by atoms with Crippen LogP contribution in [0.25, 0.3) is 0 Å². The van der Waals surface area contributed by atoms with Crippen molar-refractivity contribution in [1.82, 2.24) is 0 Å². The molecular formula is C15H23ClO. The first-order chi connectivity index (χ1) is 8.36. The quantitative estimate of drug-likeness (QED) is 0.454. The van der Waals surface area contributed by atoms with E-state index >= 15 is 0 Å². The summed E-state index contributed by atoms with van der Waals surface area (Å²) in [5.41, 5.74) is 1.41. The summed E-state index contributed by atoms with van der Waals surface area (Å²) in [6, 6.07) is 8.49. The Balaban J connectivity index is 2.24. The second-order valence-electron chi connectivity index (χ2n) is 4.35. The molecule has 96 valence electrons. The van der Waals surface area contributed by atoms with Crippen LogP contribution in [0.1, 0.15) is 44.6 Å². The molecule has 0 saturated heterocycles. The molecule has 0 spiro atoms. The van der Waals surface area contributed by atoms with Gasteiger partial charge in [0.15, 0.2) is 0 Å². The summed E-state index contributed by atoms with van der Waals surface area (Å²) in [7, 11) is 0. The molecule has 1 aromatic carbocycles. The summed E-state index contributed by atoms with van der Waals surface area (Å²) in [5.74, 6) is 1.69. The highest BCUT2D eigenvalue weighted by Gasteiger charge is 1.96. The average Bonchev–Trinajstić information content (AvgIpc) is 2.37. The van der Waals surface area contributed by atoms with E-state index in [9.17, 15) is 0 Å². The molecule has 0 aliphatic rings. The van der Waals surface area contributed by atoms with Crippen LogP contribution in [0.4, 0.5) is 0 Å². The zero-order valence-corrected chi connectivity index (χ0v) is 11.5. The van der Waals surface area contributed by atoms with Crippen LogP contribution in [-0.4, -0.2) is 12.5 Å². The molecule has 0 aliphatic heterocycles.